The number of hydrogen-bond acceptors (Lipinski definition) is 5. The first-order chi connectivity index (χ1) is 10.2. The van der Waals surface area contributed by atoms with Crippen LogP contribution in [0, 0.1) is 19.3 Å². The molecular weight excluding hydrogens is 304 g/mol. The fourth-order valence-electron chi connectivity index (χ4n) is 3.03. The predicted molar refractivity (Wildman–Crippen MR) is 83.2 cm³/mol. The van der Waals surface area contributed by atoms with Gasteiger partial charge < -0.3 is 15.2 Å². The lowest BCUT2D eigenvalue weighted by atomic mass is 9.54. The molecule has 0 saturated heterocycles. The topological polar surface area (TPSA) is 88.5 Å². The van der Waals surface area contributed by atoms with Crippen LogP contribution < -0.4 is 5.32 Å². The van der Waals surface area contributed by atoms with Crippen molar-refractivity contribution in [1.82, 2.24) is 10.3 Å². The van der Waals surface area contributed by atoms with Crippen LogP contribution >= 0.6 is 11.3 Å². The van der Waals surface area contributed by atoms with Crippen molar-refractivity contribution in [3.63, 3.8) is 0 Å². The van der Waals surface area contributed by atoms with Crippen LogP contribution in [0.15, 0.2) is 0 Å². The second kappa shape index (κ2) is 5.62. The van der Waals surface area contributed by atoms with Gasteiger partial charge in [0.15, 0.2) is 0 Å². The van der Waals surface area contributed by atoms with Gasteiger partial charge >= 0.3 is 5.97 Å². The maximum Gasteiger partial charge on any atom is 0.330 e. The number of nitrogens with one attached hydrogen (secondary N) is 1. The van der Waals surface area contributed by atoms with Crippen molar-refractivity contribution < 1.29 is 19.4 Å². The summed E-state index contributed by atoms with van der Waals surface area (Å²) >= 11 is 1.27. The Labute approximate surface area is 133 Å². The average Bonchev–Trinajstić information content (AvgIpc) is 2.75. The smallest absolute Gasteiger partial charge is 0.330 e. The molecule has 0 radical (unpaired) electrons. The highest BCUT2D eigenvalue weighted by atomic mass is 32.1. The van der Waals surface area contributed by atoms with Crippen LogP contribution in [0.1, 0.15) is 47.6 Å². The van der Waals surface area contributed by atoms with E-state index in [2.05, 4.69) is 10.3 Å². The summed E-state index contributed by atoms with van der Waals surface area (Å²) in [4.78, 5) is 29.0. The Hall–Kier alpha value is -1.47. The van der Waals surface area contributed by atoms with E-state index in [-0.39, 0.29) is 18.4 Å². The Morgan fingerprint density at radius 2 is 2.09 bits per heavy atom. The van der Waals surface area contributed by atoms with Gasteiger partial charge in [0.25, 0.3) is 5.91 Å². The molecule has 6 nitrogen and oxygen atoms in total. The summed E-state index contributed by atoms with van der Waals surface area (Å²) in [7, 11) is 0. The molecule has 2 unspecified atom stereocenters. The summed E-state index contributed by atoms with van der Waals surface area (Å²) in [6.45, 7) is 9.59. The Kier molecular flexibility index (Phi) is 4.32. The number of carboxylic acid groups (broad SMARTS) is 1. The van der Waals surface area contributed by atoms with Crippen LogP contribution in [0.25, 0.3) is 0 Å². The van der Waals surface area contributed by atoms with E-state index in [1.165, 1.54) is 11.3 Å². The third-order valence-corrected chi connectivity index (χ3v) is 5.64. The number of hydrogen-bond donors (Lipinski definition) is 2. The van der Waals surface area contributed by atoms with E-state index in [0.717, 1.165) is 5.01 Å². The predicted octanol–water partition coefficient (Wildman–Crippen LogP) is 2.15. The number of aliphatic carboxylic acids is 1. The van der Waals surface area contributed by atoms with E-state index < -0.39 is 16.9 Å². The Balaban J connectivity index is 2.26. The molecule has 1 aromatic heterocycles. The number of amides is 1. The Morgan fingerprint density at radius 3 is 2.50 bits per heavy atom. The van der Waals surface area contributed by atoms with E-state index in [1.807, 2.05) is 27.7 Å². The molecule has 22 heavy (non-hydrogen) atoms. The van der Waals surface area contributed by atoms with Crippen LogP contribution in [-0.4, -0.2) is 40.2 Å². The summed E-state index contributed by atoms with van der Waals surface area (Å²) in [5, 5.41) is 13.2. The van der Waals surface area contributed by atoms with Crippen molar-refractivity contribution in [3.05, 3.63) is 15.6 Å². The first kappa shape index (κ1) is 16.9. The highest BCUT2D eigenvalue weighted by Gasteiger charge is 2.66. The minimum Gasteiger partial charge on any atom is -0.479 e. The molecule has 1 amide bonds. The number of thiazole rings is 1. The molecule has 1 heterocycles. The molecule has 2 N–H and O–H groups in total. The summed E-state index contributed by atoms with van der Waals surface area (Å²) < 4.78 is 5.59. The minimum absolute atomic E-state index is 0.182. The van der Waals surface area contributed by atoms with Crippen LogP contribution in [0.2, 0.25) is 0 Å². The molecule has 2 rings (SSSR count). The number of carboxylic acids is 1. The molecule has 2 atom stereocenters. The summed E-state index contributed by atoms with van der Waals surface area (Å²) in [6.07, 6.45) is 0.0874. The SMILES string of the molecule is CCOC1CC(NC(=O)c2sc(C)nc2C)(C(=O)O)C1(C)C. The maximum absolute atomic E-state index is 12.5. The van der Waals surface area contributed by atoms with Gasteiger partial charge in [-0.15, -0.1) is 11.3 Å². The molecular formula is C15H22N2O4S. The highest BCUT2D eigenvalue weighted by molar-refractivity contribution is 7.13. The number of carbonyl (C=O) groups excluding carboxylic acids is 1. The lowest BCUT2D eigenvalue weighted by Gasteiger charge is -2.58. The van der Waals surface area contributed by atoms with E-state index in [0.29, 0.717) is 17.2 Å². The van der Waals surface area contributed by atoms with Crippen molar-refractivity contribution in [1.29, 1.82) is 0 Å². The first-order valence-corrected chi connectivity index (χ1v) is 8.09. The first-order valence-electron chi connectivity index (χ1n) is 7.27. The molecule has 122 valence electrons. The van der Waals surface area contributed by atoms with E-state index >= 15 is 0 Å². The standard InChI is InChI=1S/C15H22N2O4S/c1-6-21-10-7-15(13(19)20,14(10,4)5)17-12(18)11-8(2)16-9(3)22-11/h10H,6-7H2,1-5H3,(H,17,18)(H,19,20). The normalized spacial score (nSPS) is 26.3. The molecule has 0 aliphatic heterocycles. The Morgan fingerprint density at radius 1 is 1.45 bits per heavy atom. The molecule has 1 fully saturated rings. The quantitative estimate of drug-likeness (QED) is 0.865. The van der Waals surface area contributed by atoms with Gasteiger partial charge in [0.1, 0.15) is 10.4 Å². The summed E-state index contributed by atoms with van der Waals surface area (Å²) in [5.74, 6) is -1.41. The number of aromatic nitrogens is 1. The van der Waals surface area contributed by atoms with Gasteiger partial charge in [-0.1, -0.05) is 13.8 Å². The van der Waals surface area contributed by atoms with Crippen molar-refractivity contribution in [2.45, 2.75) is 52.7 Å². The third-order valence-electron chi connectivity index (χ3n) is 4.57. The zero-order chi connectivity index (χ0) is 16.7. The molecule has 0 spiro atoms. The van der Waals surface area contributed by atoms with Gasteiger partial charge in [0.05, 0.1) is 16.8 Å². The van der Waals surface area contributed by atoms with Crippen molar-refractivity contribution in [2.75, 3.05) is 6.61 Å². The van der Waals surface area contributed by atoms with Gasteiger partial charge in [-0.3, -0.25) is 4.79 Å². The van der Waals surface area contributed by atoms with Crippen molar-refractivity contribution >= 4 is 23.2 Å². The number of carbonyl (C=O) groups is 2. The van der Waals surface area contributed by atoms with Crippen LogP contribution in [-0.2, 0) is 9.53 Å². The largest absolute Gasteiger partial charge is 0.479 e. The van der Waals surface area contributed by atoms with Gasteiger partial charge in [0, 0.05) is 18.4 Å². The number of rotatable bonds is 5. The second-order valence-electron chi connectivity index (χ2n) is 6.18. The molecule has 7 heteroatoms. The maximum atomic E-state index is 12.5. The third kappa shape index (κ3) is 2.42. The highest BCUT2D eigenvalue weighted by Crippen LogP contribution is 2.51. The van der Waals surface area contributed by atoms with E-state index in [4.69, 9.17) is 4.74 Å². The zero-order valence-electron chi connectivity index (χ0n) is 13.5. The van der Waals surface area contributed by atoms with Crippen LogP contribution in [0.4, 0.5) is 0 Å². The second-order valence-corrected chi connectivity index (χ2v) is 7.39. The van der Waals surface area contributed by atoms with Gasteiger partial charge in [-0.25, -0.2) is 9.78 Å². The van der Waals surface area contributed by atoms with Crippen molar-refractivity contribution in [2.24, 2.45) is 5.41 Å². The number of nitrogens with zero attached hydrogens (tertiary/aromatic N) is 1. The van der Waals surface area contributed by atoms with Crippen molar-refractivity contribution in [3.8, 4) is 0 Å². The summed E-state index contributed by atoms with van der Waals surface area (Å²) in [5.41, 5.74) is -1.37. The van der Waals surface area contributed by atoms with E-state index in [9.17, 15) is 14.7 Å². The minimum atomic E-state index is -1.31. The fraction of sp³-hybridized carbons (Fsp3) is 0.667. The monoisotopic (exact) mass is 326 g/mol. The zero-order valence-corrected chi connectivity index (χ0v) is 14.3. The molecule has 0 bridgehead atoms. The van der Waals surface area contributed by atoms with Gasteiger partial charge in [-0.05, 0) is 20.8 Å². The van der Waals surface area contributed by atoms with Crippen LogP contribution in [0.3, 0.4) is 0 Å². The Bertz CT molecular complexity index is 611. The molecule has 0 aromatic carbocycles. The molecule has 1 saturated carbocycles. The lowest BCUT2D eigenvalue weighted by Crippen LogP contribution is -2.76. The lowest BCUT2D eigenvalue weighted by molar-refractivity contribution is -0.190. The molecule has 1 aliphatic rings. The van der Waals surface area contributed by atoms with E-state index in [1.54, 1.807) is 6.92 Å². The van der Waals surface area contributed by atoms with Crippen LogP contribution in [0.5, 0.6) is 0 Å². The fourth-order valence-corrected chi connectivity index (χ4v) is 3.84. The number of aryl methyl sites for hydroxylation is 2. The van der Waals surface area contributed by atoms with Gasteiger partial charge in [0.2, 0.25) is 0 Å². The van der Waals surface area contributed by atoms with Gasteiger partial charge in [-0.2, -0.15) is 0 Å². The summed E-state index contributed by atoms with van der Waals surface area (Å²) in [6, 6.07) is 0. The molecule has 1 aliphatic carbocycles. The number of ether oxygens (including phenoxy) is 1. The molecule has 1 aromatic rings. The average molecular weight is 326 g/mol.